The lowest BCUT2D eigenvalue weighted by Crippen LogP contribution is -2.39. The fraction of sp³-hybridized carbons (Fsp3) is 0.520. The zero-order valence-corrected chi connectivity index (χ0v) is 20.1. The number of carboxylic acids is 1. The van der Waals surface area contributed by atoms with E-state index in [1.807, 2.05) is 0 Å². The van der Waals surface area contributed by atoms with Crippen molar-refractivity contribution in [2.75, 3.05) is 0 Å². The SMILES string of the molecule is CCC(CC)n1c(Cc2cccs2)nc2cc(CNC(CC(C)(C)C)C(=O)O)ccc21. The Labute approximate surface area is 189 Å². The number of thiophene rings is 1. The molecular weight excluding hydrogens is 406 g/mol. The van der Waals surface area contributed by atoms with Crippen LogP contribution in [0.25, 0.3) is 11.0 Å². The normalized spacial score (nSPS) is 13.2. The topological polar surface area (TPSA) is 67.2 Å². The van der Waals surface area contributed by atoms with Crippen LogP contribution in [0, 0.1) is 5.41 Å². The van der Waals surface area contributed by atoms with Gasteiger partial charge in [-0.05, 0) is 53.8 Å². The molecule has 0 spiro atoms. The van der Waals surface area contributed by atoms with Crippen molar-refractivity contribution in [3.8, 4) is 0 Å². The monoisotopic (exact) mass is 441 g/mol. The Bertz CT molecular complexity index is 998. The minimum atomic E-state index is -0.799. The number of carbonyl (C=O) groups is 1. The Morgan fingerprint density at radius 2 is 1.97 bits per heavy atom. The van der Waals surface area contributed by atoms with Crippen LogP contribution in [0.2, 0.25) is 0 Å². The summed E-state index contributed by atoms with van der Waals surface area (Å²) in [5.74, 6) is 0.305. The van der Waals surface area contributed by atoms with Gasteiger partial charge in [-0.2, -0.15) is 0 Å². The lowest BCUT2D eigenvalue weighted by Gasteiger charge is -2.24. The van der Waals surface area contributed by atoms with Crippen molar-refractivity contribution in [1.29, 1.82) is 0 Å². The maximum Gasteiger partial charge on any atom is 0.320 e. The van der Waals surface area contributed by atoms with E-state index >= 15 is 0 Å². The predicted octanol–water partition coefficient (Wildman–Crippen LogP) is 6.03. The number of carboxylic acid groups (broad SMARTS) is 1. The smallest absolute Gasteiger partial charge is 0.320 e. The highest BCUT2D eigenvalue weighted by atomic mass is 32.1. The molecule has 0 saturated carbocycles. The van der Waals surface area contributed by atoms with Gasteiger partial charge in [0.2, 0.25) is 0 Å². The predicted molar refractivity (Wildman–Crippen MR) is 129 cm³/mol. The molecule has 2 N–H and O–H groups in total. The summed E-state index contributed by atoms with van der Waals surface area (Å²) >= 11 is 1.77. The molecule has 6 heteroatoms. The van der Waals surface area contributed by atoms with E-state index in [2.05, 4.69) is 80.2 Å². The summed E-state index contributed by atoms with van der Waals surface area (Å²) in [6, 6.07) is 10.5. The molecule has 3 aromatic rings. The summed E-state index contributed by atoms with van der Waals surface area (Å²) in [4.78, 5) is 18.0. The molecule has 0 aliphatic heterocycles. The molecule has 5 nitrogen and oxygen atoms in total. The molecule has 0 aliphatic rings. The summed E-state index contributed by atoms with van der Waals surface area (Å²) in [5.41, 5.74) is 3.16. The van der Waals surface area contributed by atoms with Gasteiger partial charge in [0, 0.05) is 23.9 Å². The first-order valence-corrected chi connectivity index (χ1v) is 12.1. The number of rotatable bonds is 10. The Morgan fingerprint density at radius 3 is 2.55 bits per heavy atom. The van der Waals surface area contributed by atoms with Crippen LogP contribution in [-0.2, 0) is 17.8 Å². The number of nitrogens with zero attached hydrogens (tertiary/aromatic N) is 2. The average molecular weight is 442 g/mol. The zero-order chi connectivity index (χ0) is 22.6. The van der Waals surface area contributed by atoms with Crippen LogP contribution < -0.4 is 5.32 Å². The molecule has 2 heterocycles. The van der Waals surface area contributed by atoms with Gasteiger partial charge in [-0.15, -0.1) is 11.3 Å². The van der Waals surface area contributed by atoms with Gasteiger partial charge in [0.1, 0.15) is 11.9 Å². The second kappa shape index (κ2) is 9.96. The highest BCUT2D eigenvalue weighted by molar-refractivity contribution is 7.09. The molecule has 0 saturated heterocycles. The summed E-state index contributed by atoms with van der Waals surface area (Å²) in [7, 11) is 0. The first-order valence-electron chi connectivity index (χ1n) is 11.2. The van der Waals surface area contributed by atoms with Crippen molar-refractivity contribution < 1.29 is 9.90 Å². The van der Waals surface area contributed by atoms with Gasteiger partial charge in [-0.3, -0.25) is 4.79 Å². The Kier molecular flexibility index (Phi) is 7.55. The molecule has 0 bridgehead atoms. The summed E-state index contributed by atoms with van der Waals surface area (Å²) < 4.78 is 2.41. The summed E-state index contributed by atoms with van der Waals surface area (Å²) in [6.45, 7) is 11.2. The third-order valence-corrected chi connectivity index (χ3v) is 6.59. The van der Waals surface area contributed by atoms with E-state index in [1.54, 1.807) is 11.3 Å². The fourth-order valence-corrected chi connectivity index (χ4v) is 4.86. The molecule has 2 aromatic heterocycles. The molecule has 0 amide bonds. The average Bonchev–Trinajstić information content (AvgIpc) is 3.33. The lowest BCUT2D eigenvalue weighted by atomic mass is 9.88. The zero-order valence-electron chi connectivity index (χ0n) is 19.3. The van der Waals surface area contributed by atoms with E-state index in [0.29, 0.717) is 19.0 Å². The molecular formula is C25H35N3O2S. The number of aromatic nitrogens is 2. The first kappa shape index (κ1) is 23.5. The van der Waals surface area contributed by atoms with Crippen molar-refractivity contribution in [3.63, 3.8) is 0 Å². The Hall–Kier alpha value is -2.18. The van der Waals surface area contributed by atoms with Crippen molar-refractivity contribution in [3.05, 3.63) is 52.0 Å². The standard InChI is InChI=1S/C25H35N3O2S/c1-6-18(7-2)28-22-11-10-17(16-26-21(24(29)30)15-25(3,4)5)13-20(22)27-23(28)14-19-9-8-12-31-19/h8-13,18,21,26H,6-7,14-16H2,1-5H3,(H,29,30). The van der Waals surface area contributed by atoms with Gasteiger partial charge in [-0.25, -0.2) is 4.98 Å². The first-order chi connectivity index (χ1) is 14.7. The number of nitrogens with one attached hydrogen (secondary N) is 1. The van der Waals surface area contributed by atoms with Crippen molar-refractivity contribution >= 4 is 28.3 Å². The second-order valence-corrected chi connectivity index (χ2v) is 10.5. The van der Waals surface area contributed by atoms with Crippen LogP contribution in [0.15, 0.2) is 35.7 Å². The molecule has 0 fully saturated rings. The van der Waals surface area contributed by atoms with Crippen LogP contribution in [0.3, 0.4) is 0 Å². The van der Waals surface area contributed by atoms with Gasteiger partial charge < -0.3 is 15.0 Å². The van der Waals surface area contributed by atoms with Gasteiger partial charge in [0.25, 0.3) is 0 Å². The molecule has 3 rings (SSSR count). The Balaban J connectivity index is 1.88. The van der Waals surface area contributed by atoms with Gasteiger partial charge >= 0.3 is 5.97 Å². The number of fused-ring (bicyclic) bond motifs is 1. The third kappa shape index (κ3) is 5.95. The minimum absolute atomic E-state index is 0.0508. The molecule has 1 aromatic carbocycles. The van der Waals surface area contributed by atoms with E-state index in [1.165, 1.54) is 4.88 Å². The van der Waals surface area contributed by atoms with E-state index in [9.17, 15) is 9.90 Å². The number of hydrogen-bond donors (Lipinski definition) is 2. The van der Waals surface area contributed by atoms with E-state index < -0.39 is 12.0 Å². The third-order valence-electron chi connectivity index (χ3n) is 5.71. The van der Waals surface area contributed by atoms with Crippen molar-refractivity contribution in [2.45, 2.75) is 78.9 Å². The highest BCUT2D eigenvalue weighted by Crippen LogP contribution is 2.28. The number of imidazole rings is 1. The van der Waals surface area contributed by atoms with Crippen LogP contribution in [0.5, 0.6) is 0 Å². The molecule has 0 radical (unpaired) electrons. The number of benzene rings is 1. The number of aliphatic carboxylic acids is 1. The number of hydrogen-bond acceptors (Lipinski definition) is 4. The van der Waals surface area contributed by atoms with Gasteiger partial charge in [0.15, 0.2) is 0 Å². The van der Waals surface area contributed by atoms with E-state index in [-0.39, 0.29) is 5.41 Å². The van der Waals surface area contributed by atoms with Gasteiger partial charge in [0.05, 0.1) is 11.0 Å². The van der Waals surface area contributed by atoms with Crippen LogP contribution in [-0.4, -0.2) is 26.7 Å². The van der Waals surface area contributed by atoms with Crippen LogP contribution in [0.1, 0.15) is 76.2 Å². The molecule has 0 aliphatic carbocycles. The van der Waals surface area contributed by atoms with Crippen molar-refractivity contribution in [2.24, 2.45) is 5.41 Å². The van der Waals surface area contributed by atoms with E-state index in [4.69, 9.17) is 4.98 Å². The maximum atomic E-state index is 11.7. The molecule has 168 valence electrons. The quantitative estimate of drug-likeness (QED) is 0.403. The molecule has 31 heavy (non-hydrogen) atoms. The minimum Gasteiger partial charge on any atom is -0.480 e. The largest absolute Gasteiger partial charge is 0.480 e. The maximum absolute atomic E-state index is 11.7. The molecule has 1 atom stereocenters. The summed E-state index contributed by atoms with van der Waals surface area (Å²) in [5, 5.41) is 14.9. The lowest BCUT2D eigenvalue weighted by molar-refractivity contribution is -0.140. The summed E-state index contributed by atoms with van der Waals surface area (Å²) in [6.07, 6.45) is 3.55. The van der Waals surface area contributed by atoms with Crippen molar-refractivity contribution in [1.82, 2.24) is 14.9 Å². The van der Waals surface area contributed by atoms with Crippen LogP contribution in [0.4, 0.5) is 0 Å². The van der Waals surface area contributed by atoms with Crippen LogP contribution >= 0.6 is 11.3 Å². The highest BCUT2D eigenvalue weighted by Gasteiger charge is 2.24. The van der Waals surface area contributed by atoms with Gasteiger partial charge in [-0.1, -0.05) is 46.8 Å². The molecule has 1 unspecified atom stereocenters. The van der Waals surface area contributed by atoms with E-state index in [0.717, 1.165) is 41.7 Å². The second-order valence-electron chi connectivity index (χ2n) is 9.48. The Morgan fingerprint density at radius 1 is 1.23 bits per heavy atom. The fourth-order valence-electron chi connectivity index (χ4n) is 4.16.